The molecule has 37 heavy (non-hydrogen) atoms. The number of carbonyl (C=O) groups is 1. The number of hydrogen-bond acceptors (Lipinski definition) is 5. The highest BCUT2D eigenvalue weighted by Crippen LogP contribution is 2.34. The van der Waals surface area contributed by atoms with E-state index in [0.717, 1.165) is 24.9 Å². The van der Waals surface area contributed by atoms with Gasteiger partial charge in [-0.2, -0.15) is 13.2 Å². The Kier molecular flexibility index (Phi) is 7.45. The molecule has 6 nitrogen and oxygen atoms in total. The Morgan fingerprint density at radius 1 is 1.19 bits per heavy atom. The maximum absolute atomic E-state index is 14.8. The van der Waals surface area contributed by atoms with Crippen molar-refractivity contribution in [2.45, 2.75) is 25.9 Å². The van der Waals surface area contributed by atoms with Gasteiger partial charge in [-0.3, -0.25) is 9.78 Å². The number of terminal acetylenes is 1. The molecule has 0 saturated carbocycles. The molecule has 0 radical (unpaired) electrons. The van der Waals surface area contributed by atoms with E-state index in [1.54, 1.807) is 13.1 Å². The van der Waals surface area contributed by atoms with Gasteiger partial charge < -0.3 is 15.0 Å². The lowest BCUT2D eigenvalue weighted by Crippen LogP contribution is -2.36. The van der Waals surface area contributed by atoms with Crippen molar-refractivity contribution in [3.8, 4) is 23.5 Å². The highest BCUT2D eigenvalue weighted by Gasteiger charge is 2.38. The molecule has 1 amide bonds. The first-order valence-electron chi connectivity index (χ1n) is 11.5. The summed E-state index contributed by atoms with van der Waals surface area (Å²) in [6.07, 6.45) is 3.84. The summed E-state index contributed by atoms with van der Waals surface area (Å²) in [5.41, 5.74) is 2.60. The van der Waals surface area contributed by atoms with Crippen molar-refractivity contribution in [3.05, 3.63) is 71.1 Å². The summed E-state index contributed by atoms with van der Waals surface area (Å²) >= 11 is 0. The van der Waals surface area contributed by atoms with Crippen LogP contribution in [-0.4, -0.2) is 48.4 Å². The average Bonchev–Trinajstić information content (AvgIpc) is 2.89. The van der Waals surface area contributed by atoms with Crippen molar-refractivity contribution in [2.24, 2.45) is 0 Å². The quantitative estimate of drug-likeness (QED) is 0.370. The molecule has 1 aromatic carbocycles. The summed E-state index contributed by atoms with van der Waals surface area (Å²) in [5.74, 6) is -0.721. The molecule has 1 saturated heterocycles. The molecule has 3 aromatic rings. The van der Waals surface area contributed by atoms with Crippen LogP contribution in [0.25, 0.3) is 11.1 Å². The zero-order valence-electron chi connectivity index (χ0n) is 20.2. The number of pyridine rings is 2. The Labute approximate surface area is 211 Å². The van der Waals surface area contributed by atoms with E-state index in [2.05, 4.69) is 26.1 Å². The van der Waals surface area contributed by atoms with Crippen molar-refractivity contribution in [1.29, 1.82) is 0 Å². The van der Waals surface area contributed by atoms with Crippen LogP contribution in [0.2, 0.25) is 0 Å². The van der Waals surface area contributed by atoms with Gasteiger partial charge in [0.2, 0.25) is 0 Å². The van der Waals surface area contributed by atoms with Crippen molar-refractivity contribution < 1.29 is 27.1 Å². The number of nitrogens with zero attached hydrogens (tertiary/aromatic N) is 3. The predicted molar refractivity (Wildman–Crippen MR) is 132 cm³/mol. The van der Waals surface area contributed by atoms with Crippen LogP contribution in [0.3, 0.4) is 0 Å². The predicted octanol–water partition coefficient (Wildman–Crippen LogP) is 5.33. The van der Waals surface area contributed by atoms with Gasteiger partial charge in [0.1, 0.15) is 11.5 Å². The van der Waals surface area contributed by atoms with Crippen LogP contribution in [0.15, 0.2) is 42.7 Å². The van der Waals surface area contributed by atoms with Gasteiger partial charge in [0, 0.05) is 36.6 Å². The Hall–Kier alpha value is -3.97. The number of aromatic nitrogens is 2. The summed E-state index contributed by atoms with van der Waals surface area (Å²) in [7, 11) is 0. The zero-order chi connectivity index (χ0) is 26.7. The van der Waals surface area contributed by atoms with E-state index in [0.29, 0.717) is 48.7 Å². The number of benzene rings is 1. The maximum atomic E-state index is 14.8. The topological polar surface area (TPSA) is 67.4 Å². The molecule has 1 N–H and O–H groups in total. The maximum Gasteiger partial charge on any atom is 0.396 e. The molecule has 0 bridgehead atoms. The largest absolute Gasteiger partial charge is 0.396 e. The number of carbonyl (C=O) groups excluding carboxylic acids is 1. The first-order chi connectivity index (χ1) is 17.6. The molecule has 10 heteroatoms. The van der Waals surface area contributed by atoms with Crippen LogP contribution in [0.1, 0.15) is 40.2 Å². The number of aryl methyl sites for hydroxylation is 1. The summed E-state index contributed by atoms with van der Waals surface area (Å²) in [6, 6.07) is 6.94. The fourth-order valence-corrected chi connectivity index (χ4v) is 4.03. The molecule has 1 aliphatic rings. The number of halogens is 4. The van der Waals surface area contributed by atoms with E-state index in [9.17, 15) is 22.4 Å². The minimum Gasteiger partial charge on any atom is -0.378 e. The summed E-state index contributed by atoms with van der Waals surface area (Å²) in [6.45, 7) is 5.08. The van der Waals surface area contributed by atoms with Gasteiger partial charge in [0.15, 0.2) is 0 Å². The Bertz CT molecular complexity index is 1360. The van der Waals surface area contributed by atoms with Gasteiger partial charge in [0.25, 0.3) is 5.91 Å². The summed E-state index contributed by atoms with van der Waals surface area (Å²) in [4.78, 5) is 23.0. The molecule has 1 aliphatic heterocycles. The van der Waals surface area contributed by atoms with Crippen LogP contribution in [0.4, 0.5) is 28.9 Å². The SMILES string of the molecule is C#Cc1ncc(-c2cc(NC(=O)c3ccnc(C(C)C(F)(F)F)c3)c(F)cc2C)cc1N1CCOCC1. The second-order valence-corrected chi connectivity index (χ2v) is 8.67. The second-order valence-electron chi connectivity index (χ2n) is 8.67. The van der Waals surface area contributed by atoms with Crippen LogP contribution in [-0.2, 0) is 4.74 Å². The van der Waals surface area contributed by atoms with Gasteiger partial charge >= 0.3 is 6.18 Å². The molecule has 192 valence electrons. The number of ether oxygens (including phenoxy) is 1. The number of alkyl halides is 3. The molecular weight excluding hydrogens is 488 g/mol. The monoisotopic (exact) mass is 512 g/mol. The van der Waals surface area contributed by atoms with E-state index < -0.39 is 23.8 Å². The smallest absolute Gasteiger partial charge is 0.378 e. The number of amides is 1. The number of nitrogens with one attached hydrogen (secondary N) is 1. The van der Waals surface area contributed by atoms with Crippen LogP contribution in [0.5, 0.6) is 0 Å². The molecule has 4 rings (SSSR count). The molecule has 1 unspecified atom stereocenters. The van der Waals surface area contributed by atoms with Crippen LogP contribution < -0.4 is 10.2 Å². The van der Waals surface area contributed by atoms with E-state index in [1.165, 1.54) is 18.2 Å². The number of rotatable bonds is 5. The first-order valence-corrected chi connectivity index (χ1v) is 11.5. The molecular formula is C27H24F4N4O2. The molecule has 0 spiro atoms. The standard InChI is InChI=1S/C27H24F4N4O2/c1-4-22-25(35-7-9-37-10-8-35)13-19(15-33-22)20-14-24(21(28)11-16(20)2)34-26(36)18-5-6-32-23(12-18)17(3)27(29,30)31/h1,5-6,11-15,17H,7-10H2,2-3H3,(H,34,36). The Morgan fingerprint density at radius 2 is 1.92 bits per heavy atom. The van der Waals surface area contributed by atoms with Crippen molar-refractivity contribution in [2.75, 3.05) is 36.5 Å². The molecule has 0 aliphatic carbocycles. The van der Waals surface area contributed by atoms with Crippen LogP contribution >= 0.6 is 0 Å². The van der Waals surface area contributed by atoms with Gasteiger partial charge in [-0.25, -0.2) is 9.37 Å². The van der Waals surface area contributed by atoms with E-state index in [1.807, 2.05) is 6.07 Å². The minimum atomic E-state index is -4.51. The third-order valence-electron chi connectivity index (χ3n) is 6.21. The van der Waals surface area contributed by atoms with E-state index in [4.69, 9.17) is 11.2 Å². The van der Waals surface area contributed by atoms with Gasteiger partial charge in [0.05, 0.1) is 36.2 Å². The third-order valence-corrected chi connectivity index (χ3v) is 6.21. The normalized spacial score (nSPS) is 14.7. The van der Waals surface area contributed by atoms with Crippen molar-refractivity contribution in [1.82, 2.24) is 9.97 Å². The van der Waals surface area contributed by atoms with Gasteiger partial charge in [-0.15, -0.1) is 6.42 Å². The fraction of sp³-hybridized carbons (Fsp3) is 0.296. The second kappa shape index (κ2) is 10.6. The lowest BCUT2D eigenvalue weighted by Gasteiger charge is -2.29. The highest BCUT2D eigenvalue weighted by atomic mass is 19.4. The summed E-state index contributed by atoms with van der Waals surface area (Å²) < 4.78 is 59.5. The van der Waals surface area contributed by atoms with E-state index in [-0.39, 0.29) is 16.9 Å². The molecule has 1 atom stereocenters. The number of anilines is 2. The van der Waals surface area contributed by atoms with E-state index >= 15 is 0 Å². The molecule has 3 heterocycles. The Balaban J connectivity index is 1.65. The lowest BCUT2D eigenvalue weighted by atomic mass is 9.99. The number of hydrogen-bond donors (Lipinski definition) is 1. The van der Waals surface area contributed by atoms with Crippen molar-refractivity contribution in [3.63, 3.8) is 0 Å². The average molecular weight is 513 g/mol. The van der Waals surface area contributed by atoms with Gasteiger partial charge in [-0.1, -0.05) is 0 Å². The van der Waals surface area contributed by atoms with Gasteiger partial charge in [-0.05, 0) is 61.2 Å². The third kappa shape index (κ3) is 5.73. The van der Waals surface area contributed by atoms with Crippen molar-refractivity contribution >= 4 is 17.3 Å². The van der Waals surface area contributed by atoms with Crippen LogP contribution in [0, 0.1) is 25.1 Å². The Morgan fingerprint density at radius 3 is 2.59 bits per heavy atom. The molecule has 1 fully saturated rings. The molecule has 2 aromatic heterocycles. The zero-order valence-corrected chi connectivity index (χ0v) is 20.2. The lowest BCUT2D eigenvalue weighted by molar-refractivity contribution is -0.147. The highest BCUT2D eigenvalue weighted by molar-refractivity contribution is 6.04. The number of morpholine rings is 1. The minimum absolute atomic E-state index is 0.0720. The summed E-state index contributed by atoms with van der Waals surface area (Å²) in [5, 5.41) is 2.47. The first kappa shape index (κ1) is 26.1. The fourth-order valence-electron chi connectivity index (χ4n) is 4.03.